The summed E-state index contributed by atoms with van der Waals surface area (Å²) in [6, 6.07) is -0.271. The second kappa shape index (κ2) is 4.77. The molecular weight excluding hydrogens is 248 g/mol. The van der Waals surface area contributed by atoms with Gasteiger partial charge >= 0.3 is 0 Å². The zero-order valence-corrected chi connectivity index (χ0v) is 10.0. The van der Waals surface area contributed by atoms with Crippen molar-refractivity contribution in [1.29, 1.82) is 0 Å². The van der Waals surface area contributed by atoms with Crippen molar-refractivity contribution in [2.75, 3.05) is 13.6 Å². The van der Waals surface area contributed by atoms with Crippen LogP contribution in [0.2, 0.25) is 0 Å². The Kier molecular flexibility index (Phi) is 3.92. The predicted molar refractivity (Wildman–Crippen MR) is 57.2 cm³/mol. The molecule has 5 heteroatoms. The number of hydrogen-bond acceptors (Lipinski definition) is 2. The van der Waals surface area contributed by atoms with E-state index in [9.17, 15) is 9.59 Å². The van der Waals surface area contributed by atoms with Crippen molar-refractivity contribution < 1.29 is 9.59 Å². The second-order valence-electron chi connectivity index (χ2n) is 3.42. The molecule has 0 aromatic rings. The molecule has 2 atom stereocenters. The van der Waals surface area contributed by atoms with Crippen LogP contribution in [-0.4, -0.2) is 41.2 Å². The van der Waals surface area contributed by atoms with E-state index >= 15 is 0 Å². The molecule has 1 N–H and O–H groups in total. The Balaban J connectivity index is 2.68. The number of alkyl halides is 1. The molecule has 1 fully saturated rings. The van der Waals surface area contributed by atoms with Crippen molar-refractivity contribution in [2.24, 2.45) is 0 Å². The fourth-order valence-electron chi connectivity index (χ4n) is 1.70. The lowest BCUT2D eigenvalue weighted by atomic mass is 10.2. The van der Waals surface area contributed by atoms with Crippen LogP contribution in [0, 0.1) is 0 Å². The average molecular weight is 263 g/mol. The second-order valence-corrected chi connectivity index (χ2v) is 4.79. The lowest BCUT2D eigenvalue weighted by Crippen LogP contribution is -2.46. The minimum absolute atomic E-state index is 0.00361. The third-order valence-electron chi connectivity index (χ3n) is 2.43. The van der Waals surface area contributed by atoms with Gasteiger partial charge in [0.2, 0.25) is 11.8 Å². The number of likely N-dealkylation sites (N-methyl/N-ethyl adjacent to an activating group) is 1. The van der Waals surface area contributed by atoms with Crippen molar-refractivity contribution >= 4 is 27.7 Å². The number of likely N-dealkylation sites (tertiary alicyclic amines) is 1. The molecule has 80 valence electrons. The van der Waals surface area contributed by atoms with Crippen LogP contribution in [-0.2, 0) is 9.59 Å². The molecule has 2 unspecified atom stereocenters. The average Bonchev–Trinajstić information content (AvgIpc) is 2.63. The Hall–Kier alpha value is -0.580. The maximum Gasteiger partial charge on any atom is 0.242 e. The summed E-state index contributed by atoms with van der Waals surface area (Å²) in [7, 11) is 1.60. The maximum atomic E-state index is 11.7. The monoisotopic (exact) mass is 262 g/mol. The molecule has 1 heterocycles. The number of hydrogen-bond donors (Lipinski definition) is 1. The number of nitrogens with zero attached hydrogens (tertiary/aromatic N) is 1. The lowest BCUT2D eigenvalue weighted by Gasteiger charge is -2.24. The third kappa shape index (κ3) is 2.26. The number of rotatable bonds is 2. The standard InChI is InChI=1S/C9H15BrN2O2/c1-6(10)9(14)12-5-3-4-7(12)8(13)11-2/h6-7H,3-5H2,1-2H3,(H,11,13). The Bertz CT molecular complexity index is 243. The first-order valence-electron chi connectivity index (χ1n) is 4.74. The topological polar surface area (TPSA) is 49.4 Å². The zero-order valence-electron chi connectivity index (χ0n) is 8.42. The summed E-state index contributed by atoms with van der Waals surface area (Å²) < 4.78 is 0. The smallest absolute Gasteiger partial charge is 0.242 e. The summed E-state index contributed by atoms with van der Waals surface area (Å²) in [6.45, 7) is 2.47. The summed E-state index contributed by atoms with van der Waals surface area (Å²) in [5.41, 5.74) is 0. The normalized spacial score (nSPS) is 23.4. The molecule has 14 heavy (non-hydrogen) atoms. The summed E-state index contributed by atoms with van der Waals surface area (Å²) >= 11 is 3.23. The molecule has 0 radical (unpaired) electrons. The SMILES string of the molecule is CNC(=O)C1CCCN1C(=O)C(C)Br. The molecule has 1 rings (SSSR count). The van der Waals surface area contributed by atoms with Crippen LogP contribution in [0.5, 0.6) is 0 Å². The highest BCUT2D eigenvalue weighted by atomic mass is 79.9. The van der Waals surface area contributed by atoms with Crippen molar-refractivity contribution in [2.45, 2.75) is 30.6 Å². The first-order chi connectivity index (χ1) is 6.57. The summed E-state index contributed by atoms with van der Waals surface area (Å²) in [4.78, 5) is 24.5. The minimum Gasteiger partial charge on any atom is -0.357 e. The molecular formula is C9H15BrN2O2. The maximum absolute atomic E-state index is 11.7. The van der Waals surface area contributed by atoms with E-state index in [0.29, 0.717) is 6.54 Å². The highest BCUT2D eigenvalue weighted by Gasteiger charge is 2.34. The quantitative estimate of drug-likeness (QED) is 0.738. The predicted octanol–water partition coefficient (Wildman–Crippen LogP) is 0.507. The number of carbonyl (C=O) groups excluding carboxylic acids is 2. The van der Waals surface area contributed by atoms with E-state index in [4.69, 9.17) is 0 Å². The Morgan fingerprint density at radius 1 is 1.57 bits per heavy atom. The fraction of sp³-hybridized carbons (Fsp3) is 0.778. The number of carbonyl (C=O) groups is 2. The van der Waals surface area contributed by atoms with Gasteiger partial charge in [0.25, 0.3) is 0 Å². The van der Waals surface area contributed by atoms with Crippen LogP contribution in [0.4, 0.5) is 0 Å². The summed E-state index contributed by atoms with van der Waals surface area (Å²) in [5.74, 6) is -0.0694. The highest BCUT2D eigenvalue weighted by molar-refractivity contribution is 9.10. The lowest BCUT2D eigenvalue weighted by molar-refractivity contribution is -0.137. The van der Waals surface area contributed by atoms with Crippen molar-refractivity contribution in [3.8, 4) is 0 Å². The van der Waals surface area contributed by atoms with Crippen molar-refractivity contribution in [1.82, 2.24) is 10.2 Å². The molecule has 0 bridgehead atoms. The van der Waals surface area contributed by atoms with Crippen LogP contribution < -0.4 is 5.32 Å². The number of halogens is 1. The van der Waals surface area contributed by atoms with E-state index in [2.05, 4.69) is 21.2 Å². The molecule has 1 aliphatic rings. The zero-order chi connectivity index (χ0) is 10.7. The van der Waals surface area contributed by atoms with E-state index in [1.165, 1.54) is 0 Å². The Morgan fingerprint density at radius 2 is 2.21 bits per heavy atom. The molecule has 2 amide bonds. The van der Waals surface area contributed by atoms with Gasteiger partial charge in [-0.3, -0.25) is 9.59 Å². The first kappa shape index (κ1) is 11.5. The largest absolute Gasteiger partial charge is 0.357 e. The van der Waals surface area contributed by atoms with E-state index in [1.54, 1.807) is 18.9 Å². The van der Waals surface area contributed by atoms with Gasteiger partial charge in [-0.1, -0.05) is 15.9 Å². The van der Waals surface area contributed by atoms with Crippen LogP contribution in [0.1, 0.15) is 19.8 Å². The van der Waals surface area contributed by atoms with Gasteiger partial charge in [-0.05, 0) is 19.8 Å². The highest BCUT2D eigenvalue weighted by Crippen LogP contribution is 2.19. The van der Waals surface area contributed by atoms with Crippen LogP contribution in [0.3, 0.4) is 0 Å². The molecule has 4 nitrogen and oxygen atoms in total. The summed E-state index contributed by atoms with van der Waals surface area (Å²) in [6.07, 6.45) is 1.68. The molecule has 0 saturated carbocycles. The van der Waals surface area contributed by atoms with E-state index in [1.807, 2.05) is 0 Å². The number of amides is 2. The first-order valence-corrected chi connectivity index (χ1v) is 5.65. The van der Waals surface area contributed by atoms with E-state index in [0.717, 1.165) is 12.8 Å². The van der Waals surface area contributed by atoms with Crippen LogP contribution in [0.25, 0.3) is 0 Å². The fourth-order valence-corrected chi connectivity index (χ4v) is 1.96. The van der Waals surface area contributed by atoms with Crippen molar-refractivity contribution in [3.63, 3.8) is 0 Å². The van der Waals surface area contributed by atoms with Crippen LogP contribution in [0.15, 0.2) is 0 Å². The molecule has 0 aliphatic carbocycles. The van der Waals surface area contributed by atoms with Gasteiger partial charge < -0.3 is 10.2 Å². The van der Waals surface area contributed by atoms with Gasteiger partial charge in [0, 0.05) is 13.6 Å². The van der Waals surface area contributed by atoms with Crippen molar-refractivity contribution in [3.05, 3.63) is 0 Å². The van der Waals surface area contributed by atoms with Gasteiger partial charge in [-0.25, -0.2) is 0 Å². The minimum atomic E-state index is -0.271. The third-order valence-corrected chi connectivity index (χ3v) is 2.82. The van der Waals surface area contributed by atoms with Gasteiger partial charge in [0.15, 0.2) is 0 Å². The number of nitrogens with one attached hydrogen (secondary N) is 1. The molecule has 0 aromatic heterocycles. The van der Waals surface area contributed by atoms with Gasteiger partial charge in [0.05, 0.1) is 4.83 Å². The van der Waals surface area contributed by atoms with Gasteiger partial charge in [0.1, 0.15) is 6.04 Å². The summed E-state index contributed by atoms with van der Waals surface area (Å²) in [5, 5.41) is 2.58. The molecule has 0 spiro atoms. The van der Waals surface area contributed by atoms with Gasteiger partial charge in [-0.2, -0.15) is 0 Å². The van der Waals surface area contributed by atoms with Gasteiger partial charge in [-0.15, -0.1) is 0 Å². The molecule has 1 aliphatic heterocycles. The van der Waals surface area contributed by atoms with E-state index in [-0.39, 0.29) is 22.7 Å². The van der Waals surface area contributed by atoms with E-state index < -0.39 is 0 Å². The molecule has 1 saturated heterocycles. The molecule has 0 aromatic carbocycles. The Labute approximate surface area is 92.2 Å². The Morgan fingerprint density at radius 3 is 2.71 bits per heavy atom. The van der Waals surface area contributed by atoms with Crippen LogP contribution >= 0.6 is 15.9 Å².